The molecule has 2 heterocycles. The fraction of sp³-hybridized carbons (Fsp3) is 0.360. The van der Waals surface area contributed by atoms with E-state index in [9.17, 15) is 10.1 Å². The molecule has 0 radical (unpaired) electrons. The summed E-state index contributed by atoms with van der Waals surface area (Å²) in [7, 11) is 0. The molecular formula is C25H28ClN5O. The van der Waals surface area contributed by atoms with Gasteiger partial charge in [-0.3, -0.25) is 9.69 Å². The molecule has 2 aromatic rings. The lowest BCUT2D eigenvalue weighted by molar-refractivity contribution is -0.128. The van der Waals surface area contributed by atoms with Gasteiger partial charge in [0.1, 0.15) is 11.6 Å². The van der Waals surface area contributed by atoms with Crippen LogP contribution < -0.4 is 4.90 Å². The van der Waals surface area contributed by atoms with Gasteiger partial charge in [-0.25, -0.2) is 0 Å². The SMILES string of the molecule is N#C/C(=C/N1CCN(c2cccc(Cl)c2)CC1)C(=O)N1CCN(Cc2ccccc2)CC1. The normalized spacial score (nSPS) is 17.9. The van der Waals surface area contributed by atoms with Crippen molar-refractivity contribution in [2.45, 2.75) is 6.54 Å². The van der Waals surface area contributed by atoms with Crippen molar-refractivity contribution in [3.63, 3.8) is 0 Å². The summed E-state index contributed by atoms with van der Waals surface area (Å²) in [6, 6.07) is 20.3. The van der Waals surface area contributed by atoms with Gasteiger partial charge in [-0.05, 0) is 23.8 Å². The van der Waals surface area contributed by atoms with Gasteiger partial charge in [0.05, 0.1) is 0 Å². The Morgan fingerprint density at radius 2 is 1.66 bits per heavy atom. The molecule has 1 amide bonds. The maximum absolute atomic E-state index is 13.0. The van der Waals surface area contributed by atoms with E-state index in [-0.39, 0.29) is 11.5 Å². The smallest absolute Gasteiger partial charge is 0.266 e. The first kappa shape index (κ1) is 22.2. The summed E-state index contributed by atoms with van der Waals surface area (Å²) >= 11 is 6.11. The molecule has 0 bridgehead atoms. The molecule has 2 aromatic carbocycles. The minimum absolute atomic E-state index is 0.163. The van der Waals surface area contributed by atoms with Crippen LogP contribution in [0.2, 0.25) is 5.02 Å². The Bertz CT molecular complexity index is 987. The summed E-state index contributed by atoms with van der Waals surface area (Å²) in [5.74, 6) is -0.163. The third-order valence-electron chi connectivity index (χ3n) is 6.06. The number of benzene rings is 2. The lowest BCUT2D eigenvalue weighted by Crippen LogP contribution is -2.49. The molecule has 0 unspecified atom stereocenters. The third-order valence-corrected chi connectivity index (χ3v) is 6.29. The van der Waals surface area contributed by atoms with Crippen LogP contribution in [0.25, 0.3) is 0 Å². The Morgan fingerprint density at radius 1 is 0.938 bits per heavy atom. The molecule has 4 rings (SSSR count). The topological polar surface area (TPSA) is 53.8 Å². The van der Waals surface area contributed by atoms with Crippen LogP contribution in [0.3, 0.4) is 0 Å². The molecule has 2 aliphatic rings. The lowest BCUT2D eigenvalue weighted by atomic mass is 10.2. The van der Waals surface area contributed by atoms with Crippen molar-refractivity contribution in [1.29, 1.82) is 5.26 Å². The number of rotatable bonds is 5. The molecule has 0 atom stereocenters. The molecule has 0 aliphatic carbocycles. The summed E-state index contributed by atoms with van der Waals surface area (Å²) in [4.78, 5) is 21.5. The van der Waals surface area contributed by atoms with Gasteiger partial charge < -0.3 is 14.7 Å². The van der Waals surface area contributed by atoms with Crippen LogP contribution in [-0.2, 0) is 11.3 Å². The fourth-order valence-electron chi connectivity index (χ4n) is 4.22. The summed E-state index contributed by atoms with van der Waals surface area (Å²) in [5, 5.41) is 10.4. The molecule has 2 saturated heterocycles. The quantitative estimate of drug-likeness (QED) is 0.518. The molecule has 2 fully saturated rings. The van der Waals surface area contributed by atoms with E-state index in [0.717, 1.165) is 56.5 Å². The summed E-state index contributed by atoms with van der Waals surface area (Å²) in [5.41, 5.74) is 2.60. The Kier molecular flexibility index (Phi) is 7.31. The summed E-state index contributed by atoms with van der Waals surface area (Å²) < 4.78 is 0. The van der Waals surface area contributed by atoms with Crippen LogP contribution in [0.15, 0.2) is 66.4 Å². The van der Waals surface area contributed by atoms with Gasteiger partial charge in [-0.2, -0.15) is 5.26 Å². The van der Waals surface area contributed by atoms with Crippen molar-refractivity contribution < 1.29 is 4.79 Å². The molecule has 0 spiro atoms. The number of hydrogen-bond acceptors (Lipinski definition) is 5. The number of anilines is 1. The number of amides is 1. The van der Waals surface area contributed by atoms with Crippen LogP contribution in [0.4, 0.5) is 5.69 Å². The predicted molar refractivity (Wildman–Crippen MR) is 127 cm³/mol. The average Bonchev–Trinajstić information content (AvgIpc) is 2.84. The van der Waals surface area contributed by atoms with Crippen LogP contribution in [0, 0.1) is 11.3 Å². The number of carbonyl (C=O) groups excluding carboxylic acids is 1. The van der Waals surface area contributed by atoms with Crippen molar-refractivity contribution in [3.8, 4) is 6.07 Å². The first-order chi connectivity index (χ1) is 15.6. The van der Waals surface area contributed by atoms with Crippen LogP contribution in [-0.4, -0.2) is 73.0 Å². The molecule has 6 nitrogen and oxygen atoms in total. The Labute approximate surface area is 194 Å². The molecule has 7 heteroatoms. The monoisotopic (exact) mass is 449 g/mol. The first-order valence-electron chi connectivity index (χ1n) is 11.0. The molecule has 0 aromatic heterocycles. The van der Waals surface area contributed by atoms with Crippen LogP contribution in [0.1, 0.15) is 5.56 Å². The van der Waals surface area contributed by atoms with E-state index in [1.165, 1.54) is 5.56 Å². The fourth-order valence-corrected chi connectivity index (χ4v) is 4.40. The van der Waals surface area contributed by atoms with Crippen molar-refractivity contribution in [1.82, 2.24) is 14.7 Å². The van der Waals surface area contributed by atoms with E-state index in [0.29, 0.717) is 13.1 Å². The zero-order chi connectivity index (χ0) is 22.3. The van der Waals surface area contributed by atoms with Crippen LogP contribution >= 0.6 is 11.6 Å². The number of carbonyl (C=O) groups is 1. The van der Waals surface area contributed by atoms with Gasteiger partial charge in [0, 0.05) is 75.8 Å². The standard InChI is InChI=1S/C25H28ClN5O/c26-23-7-4-8-24(17-23)30-13-9-29(10-14-30)20-22(18-27)25(32)31-15-11-28(12-16-31)19-21-5-2-1-3-6-21/h1-8,17,20H,9-16,19H2/b22-20-. The van der Waals surface area contributed by atoms with Gasteiger partial charge in [-0.1, -0.05) is 48.0 Å². The van der Waals surface area contributed by atoms with Crippen LogP contribution in [0.5, 0.6) is 0 Å². The highest BCUT2D eigenvalue weighted by Gasteiger charge is 2.25. The minimum Gasteiger partial charge on any atom is -0.373 e. The van der Waals surface area contributed by atoms with E-state index in [1.54, 1.807) is 11.1 Å². The van der Waals surface area contributed by atoms with Crippen molar-refractivity contribution >= 4 is 23.2 Å². The number of halogens is 1. The maximum atomic E-state index is 13.0. The largest absolute Gasteiger partial charge is 0.373 e. The van der Waals surface area contributed by atoms with E-state index in [4.69, 9.17) is 11.6 Å². The Hall–Kier alpha value is -3.01. The third kappa shape index (κ3) is 5.61. The highest BCUT2D eigenvalue weighted by molar-refractivity contribution is 6.30. The summed E-state index contributed by atoms with van der Waals surface area (Å²) in [6.07, 6.45) is 1.74. The second kappa shape index (κ2) is 10.5. The highest BCUT2D eigenvalue weighted by atomic mass is 35.5. The van der Waals surface area contributed by atoms with Gasteiger partial charge in [-0.15, -0.1) is 0 Å². The molecule has 166 valence electrons. The minimum atomic E-state index is -0.163. The number of piperazine rings is 2. The number of nitrogens with zero attached hydrogens (tertiary/aromatic N) is 5. The first-order valence-corrected chi connectivity index (χ1v) is 11.4. The van der Waals surface area contributed by atoms with Gasteiger partial charge in [0.15, 0.2) is 0 Å². The van der Waals surface area contributed by atoms with Gasteiger partial charge in [0.25, 0.3) is 5.91 Å². The molecule has 0 saturated carbocycles. The Morgan fingerprint density at radius 3 is 2.31 bits per heavy atom. The zero-order valence-corrected chi connectivity index (χ0v) is 18.9. The predicted octanol–water partition coefficient (Wildman–Crippen LogP) is 3.21. The second-order valence-corrected chi connectivity index (χ2v) is 8.65. The van der Waals surface area contributed by atoms with Crippen molar-refractivity contribution in [3.05, 3.63) is 77.0 Å². The molecule has 0 N–H and O–H groups in total. The van der Waals surface area contributed by atoms with Crippen molar-refractivity contribution in [2.24, 2.45) is 0 Å². The van der Waals surface area contributed by atoms with E-state index in [1.807, 2.05) is 36.4 Å². The average molecular weight is 450 g/mol. The number of hydrogen-bond donors (Lipinski definition) is 0. The van der Waals surface area contributed by atoms with Gasteiger partial charge >= 0.3 is 0 Å². The van der Waals surface area contributed by atoms with Crippen molar-refractivity contribution in [2.75, 3.05) is 57.3 Å². The van der Waals surface area contributed by atoms with Gasteiger partial charge in [0.2, 0.25) is 0 Å². The number of nitriles is 1. The van der Waals surface area contributed by atoms with E-state index >= 15 is 0 Å². The maximum Gasteiger partial charge on any atom is 0.266 e. The van der Waals surface area contributed by atoms with E-state index < -0.39 is 0 Å². The molecule has 2 aliphatic heterocycles. The summed E-state index contributed by atoms with van der Waals surface area (Å²) in [6.45, 7) is 6.98. The Balaban J connectivity index is 1.29. The highest BCUT2D eigenvalue weighted by Crippen LogP contribution is 2.21. The molecule has 32 heavy (non-hydrogen) atoms. The lowest BCUT2D eigenvalue weighted by Gasteiger charge is -2.36. The molecular weight excluding hydrogens is 422 g/mol. The second-order valence-electron chi connectivity index (χ2n) is 8.21. The van der Waals surface area contributed by atoms with E-state index in [2.05, 4.69) is 39.0 Å². The zero-order valence-electron chi connectivity index (χ0n) is 18.2.